The van der Waals surface area contributed by atoms with E-state index in [4.69, 9.17) is 10.5 Å². The number of nitrogens with zero attached hydrogens (tertiary/aromatic N) is 1. The van der Waals surface area contributed by atoms with E-state index in [9.17, 15) is 0 Å². The number of fused-ring (bicyclic) bond motifs is 1. The normalized spacial score (nSPS) is 28.4. The number of hydrogen-bond donors (Lipinski definition) is 1. The minimum atomic E-state index is 0.0938. The molecule has 110 valence electrons. The zero-order valence-corrected chi connectivity index (χ0v) is 12.6. The predicted octanol–water partition coefficient (Wildman–Crippen LogP) is 2.04. The molecule has 0 aromatic heterocycles. The first-order valence-electron chi connectivity index (χ1n) is 7.81. The molecular weight excluding hydrogens is 248 g/mol. The average molecular weight is 274 g/mol. The van der Waals surface area contributed by atoms with Gasteiger partial charge in [0.2, 0.25) is 0 Å². The van der Waals surface area contributed by atoms with Crippen molar-refractivity contribution in [1.82, 2.24) is 4.90 Å². The predicted molar refractivity (Wildman–Crippen MR) is 81.9 cm³/mol. The molecule has 20 heavy (non-hydrogen) atoms. The van der Waals surface area contributed by atoms with Crippen molar-refractivity contribution in [3.05, 3.63) is 34.9 Å². The fourth-order valence-corrected chi connectivity index (χ4v) is 3.64. The van der Waals surface area contributed by atoms with E-state index in [1.165, 1.54) is 36.1 Å². The molecule has 3 atom stereocenters. The Morgan fingerprint density at radius 2 is 2.10 bits per heavy atom. The van der Waals surface area contributed by atoms with E-state index in [1.807, 2.05) is 0 Å². The molecule has 0 radical (unpaired) electrons. The number of morpholine rings is 1. The summed E-state index contributed by atoms with van der Waals surface area (Å²) in [5.74, 6) is 0. The van der Waals surface area contributed by atoms with Gasteiger partial charge in [-0.25, -0.2) is 0 Å². The van der Waals surface area contributed by atoms with Crippen LogP contribution in [0.15, 0.2) is 18.2 Å². The van der Waals surface area contributed by atoms with Crippen molar-refractivity contribution in [2.45, 2.75) is 51.3 Å². The van der Waals surface area contributed by atoms with Crippen LogP contribution in [0, 0.1) is 13.8 Å². The van der Waals surface area contributed by atoms with E-state index in [0.29, 0.717) is 6.04 Å². The first-order valence-corrected chi connectivity index (χ1v) is 7.81. The first-order chi connectivity index (χ1) is 9.65. The molecule has 2 N–H and O–H groups in total. The second-order valence-electron chi connectivity index (χ2n) is 6.40. The molecule has 3 unspecified atom stereocenters. The van der Waals surface area contributed by atoms with E-state index >= 15 is 0 Å². The van der Waals surface area contributed by atoms with Crippen molar-refractivity contribution in [3.8, 4) is 0 Å². The van der Waals surface area contributed by atoms with Gasteiger partial charge >= 0.3 is 0 Å². The van der Waals surface area contributed by atoms with Gasteiger partial charge in [-0.2, -0.15) is 0 Å². The number of hydrogen-bond acceptors (Lipinski definition) is 3. The number of rotatable bonds is 3. The Bertz CT molecular complexity index is 454. The number of benzene rings is 1. The third-order valence-corrected chi connectivity index (χ3v) is 4.98. The second kappa shape index (κ2) is 5.84. The van der Waals surface area contributed by atoms with E-state index in [1.54, 1.807) is 0 Å². The van der Waals surface area contributed by atoms with Crippen LogP contribution in [-0.4, -0.2) is 42.8 Å². The summed E-state index contributed by atoms with van der Waals surface area (Å²) in [6, 6.07) is 7.21. The van der Waals surface area contributed by atoms with Crippen molar-refractivity contribution in [3.63, 3.8) is 0 Å². The maximum atomic E-state index is 6.45. The third-order valence-electron chi connectivity index (χ3n) is 4.98. The molecule has 0 spiro atoms. The highest BCUT2D eigenvalue weighted by Gasteiger charge is 2.34. The fourth-order valence-electron chi connectivity index (χ4n) is 3.64. The van der Waals surface area contributed by atoms with Crippen LogP contribution >= 0.6 is 0 Å². The van der Waals surface area contributed by atoms with Crippen molar-refractivity contribution in [2.75, 3.05) is 19.7 Å². The van der Waals surface area contributed by atoms with Gasteiger partial charge in [-0.1, -0.05) is 18.2 Å². The zero-order chi connectivity index (χ0) is 14.1. The molecule has 1 aromatic rings. The van der Waals surface area contributed by atoms with Gasteiger partial charge in [-0.05, 0) is 56.3 Å². The maximum absolute atomic E-state index is 6.45. The smallest absolute Gasteiger partial charge is 0.0856 e. The molecule has 3 nitrogen and oxygen atoms in total. The summed E-state index contributed by atoms with van der Waals surface area (Å²) < 4.78 is 6.04. The highest BCUT2D eigenvalue weighted by Crippen LogP contribution is 2.25. The highest BCUT2D eigenvalue weighted by molar-refractivity contribution is 5.34. The number of ether oxygens (including phenoxy) is 1. The average Bonchev–Trinajstić information content (AvgIpc) is 2.90. The lowest BCUT2D eigenvalue weighted by molar-refractivity contribution is -0.0589. The second-order valence-corrected chi connectivity index (χ2v) is 6.40. The van der Waals surface area contributed by atoms with Crippen molar-refractivity contribution in [2.24, 2.45) is 5.73 Å². The van der Waals surface area contributed by atoms with Gasteiger partial charge < -0.3 is 10.5 Å². The molecule has 2 fully saturated rings. The number of nitrogens with two attached hydrogens (primary N) is 1. The van der Waals surface area contributed by atoms with Crippen LogP contribution in [0.4, 0.5) is 0 Å². The van der Waals surface area contributed by atoms with E-state index in [2.05, 4.69) is 36.9 Å². The largest absolute Gasteiger partial charge is 0.374 e. The summed E-state index contributed by atoms with van der Waals surface area (Å²) in [5.41, 5.74) is 10.5. The van der Waals surface area contributed by atoms with Gasteiger partial charge in [0.15, 0.2) is 0 Å². The molecule has 2 saturated heterocycles. The van der Waals surface area contributed by atoms with E-state index in [-0.39, 0.29) is 12.1 Å². The Morgan fingerprint density at radius 1 is 1.35 bits per heavy atom. The van der Waals surface area contributed by atoms with Crippen molar-refractivity contribution >= 4 is 0 Å². The molecule has 0 bridgehead atoms. The summed E-state index contributed by atoms with van der Waals surface area (Å²) in [5, 5.41) is 0. The monoisotopic (exact) mass is 274 g/mol. The zero-order valence-electron chi connectivity index (χ0n) is 12.6. The summed E-state index contributed by atoms with van der Waals surface area (Å²) >= 11 is 0. The van der Waals surface area contributed by atoms with Crippen LogP contribution in [0.25, 0.3) is 0 Å². The Labute approximate surface area is 122 Å². The molecule has 3 heteroatoms. The minimum absolute atomic E-state index is 0.0938. The van der Waals surface area contributed by atoms with Crippen molar-refractivity contribution in [1.29, 1.82) is 0 Å². The van der Waals surface area contributed by atoms with Gasteiger partial charge in [0.05, 0.1) is 12.7 Å². The summed E-state index contributed by atoms with van der Waals surface area (Å²) in [7, 11) is 0. The molecule has 2 heterocycles. The summed E-state index contributed by atoms with van der Waals surface area (Å²) in [6.07, 6.45) is 3.70. The Hall–Kier alpha value is -0.900. The van der Waals surface area contributed by atoms with Crippen molar-refractivity contribution < 1.29 is 4.74 Å². The van der Waals surface area contributed by atoms with E-state index < -0.39 is 0 Å². The first kappa shape index (κ1) is 14.1. The van der Waals surface area contributed by atoms with Crippen LogP contribution in [0.2, 0.25) is 0 Å². The standard InChI is InChI=1S/C17H26N2O/c1-12-5-3-6-13(2)15(12)9-16(18)17-10-19-8-4-7-14(19)11-20-17/h3,5-6,14,16-17H,4,7-11,18H2,1-2H3. The Morgan fingerprint density at radius 3 is 2.85 bits per heavy atom. The van der Waals surface area contributed by atoms with Crippen LogP contribution in [0.3, 0.4) is 0 Å². The molecule has 2 aliphatic rings. The quantitative estimate of drug-likeness (QED) is 0.916. The summed E-state index contributed by atoms with van der Waals surface area (Å²) in [6.45, 7) is 7.45. The number of aryl methyl sites for hydroxylation is 2. The Kier molecular flexibility index (Phi) is 4.11. The molecule has 2 aliphatic heterocycles. The highest BCUT2D eigenvalue weighted by atomic mass is 16.5. The molecule has 3 rings (SSSR count). The SMILES string of the molecule is Cc1cccc(C)c1CC(N)C1CN2CCCC2CO1. The van der Waals surface area contributed by atoms with Crippen LogP contribution in [-0.2, 0) is 11.2 Å². The molecular formula is C17H26N2O. The van der Waals surface area contributed by atoms with Gasteiger partial charge in [0.25, 0.3) is 0 Å². The van der Waals surface area contributed by atoms with E-state index in [0.717, 1.165) is 19.6 Å². The van der Waals surface area contributed by atoms with Gasteiger partial charge in [-0.15, -0.1) is 0 Å². The van der Waals surface area contributed by atoms with Gasteiger partial charge in [0, 0.05) is 18.6 Å². The molecule has 0 amide bonds. The summed E-state index contributed by atoms with van der Waals surface area (Å²) in [4.78, 5) is 2.57. The lowest BCUT2D eigenvalue weighted by Crippen LogP contribution is -2.53. The third kappa shape index (κ3) is 2.76. The van der Waals surface area contributed by atoms with Crippen LogP contribution in [0.5, 0.6) is 0 Å². The Balaban J connectivity index is 1.66. The minimum Gasteiger partial charge on any atom is -0.374 e. The fraction of sp³-hybridized carbons (Fsp3) is 0.647. The molecule has 0 aliphatic carbocycles. The van der Waals surface area contributed by atoms with Gasteiger partial charge in [0.1, 0.15) is 0 Å². The molecule has 1 aromatic carbocycles. The topological polar surface area (TPSA) is 38.5 Å². The molecule has 0 saturated carbocycles. The maximum Gasteiger partial charge on any atom is 0.0856 e. The van der Waals surface area contributed by atoms with Gasteiger partial charge in [-0.3, -0.25) is 4.90 Å². The lowest BCUT2D eigenvalue weighted by Gasteiger charge is -2.38. The van der Waals surface area contributed by atoms with Crippen LogP contribution in [0.1, 0.15) is 29.5 Å². The van der Waals surface area contributed by atoms with Crippen LogP contribution < -0.4 is 5.73 Å². The lowest BCUT2D eigenvalue weighted by atomic mass is 9.94.